The first-order valence-electron chi connectivity index (χ1n) is 7.67. The summed E-state index contributed by atoms with van der Waals surface area (Å²) in [5.74, 6) is -1.20. The highest BCUT2D eigenvalue weighted by Crippen LogP contribution is 2.19. The molecular formula is C18H17N3O4. The van der Waals surface area contributed by atoms with Crippen molar-refractivity contribution < 1.29 is 19.4 Å². The van der Waals surface area contributed by atoms with Crippen LogP contribution in [0.1, 0.15) is 16.1 Å². The van der Waals surface area contributed by atoms with Crippen LogP contribution in [-0.2, 0) is 11.2 Å². The number of rotatable bonds is 6. The lowest BCUT2D eigenvalue weighted by Crippen LogP contribution is -2.42. The molecule has 3 rings (SSSR count). The third kappa shape index (κ3) is 3.60. The van der Waals surface area contributed by atoms with Crippen molar-refractivity contribution in [2.75, 3.05) is 7.11 Å². The fraction of sp³-hybridized carbons (Fsp3) is 0.167. The van der Waals surface area contributed by atoms with Gasteiger partial charge in [0, 0.05) is 35.8 Å². The van der Waals surface area contributed by atoms with E-state index in [1.54, 1.807) is 12.3 Å². The Morgan fingerprint density at radius 2 is 2.12 bits per heavy atom. The summed E-state index contributed by atoms with van der Waals surface area (Å²) in [5, 5.41) is 12.9. The predicted octanol–water partition coefficient (Wildman–Crippen LogP) is 2.00. The highest BCUT2D eigenvalue weighted by molar-refractivity contribution is 5.95. The molecule has 0 fully saturated rings. The largest absolute Gasteiger partial charge is 0.497 e. The number of nitrogens with one attached hydrogen (secondary N) is 2. The third-order valence-electron chi connectivity index (χ3n) is 3.90. The first-order chi connectivity index (χ1) is 12.1. The quantitative estimate of drug-likeness (QED) is 0.637. The van der Waals surface area contributed by atoms with Gasteiger partial charge in [-0.25, -0.2) is 4.79 Å². The number of aromatic amines is 1. The SMILES string of the molecule is COc1ccnc(C(=O)NC(Cc2c[nH]c3ccccc23)C(=O)O)c1. The average Bonchev–Trinajstić information content (AvgIpc) is 3.04. The van der Waals surface area contributed by atoms with Crippen LogP contribution in [0.2, 0.25) is 0 Å². The number of carboxylic acid groups (broad SMARTS) is 1. The van der Waals surface area contributed by atoms with Crippen molar-refractivity contribution in [3.63, 3.8) is 0 Å². The van der Waals surface area contributed by atoms with E-state index < -0.39 is 17.9 Å². The third-order valence-corrected chi connectivity index (χ3v) is 3.90. The Kier molecular flexibility index (Phi) is 4.65. The molecule has 2 heterocycles. The first-order valence-corrected chi connectivity index (χ1v) is 7.67. The molecule has 3 N–H and O–H groups in total. The molecular weight excluding hydrogens is 322 g/mol. The molecule has 128 valence electrons. The van der Waals surface area contributed by atoms with Gasteiger partial charge in [-0.05, 0) is 17.7 Å². The number of carbonyl (C=O) groups is 2. The van der Waals surface area contributed by atoms with E-state index >= 15 is 0 Å². The Bertz CT molecular complexity index is 919. The zero-order valence-electron chi connectivity index (χ0n) is 13.5. The van der Waals surface area contributed by atoms with Gasteiger partial charge in [0.15, 0.2) is 0 Å². The molecule has 1 aromatic carbocycles. The van der Waals surface area contributed by atoms with E-state index in [9.17, 15) is 14.7 Å². The zero-order valence-corrected chi connectivity index (χ0v) is 13.5. The second kappa shape index (κ2) is 7.04. The van der Waals surface area contributed by atoms with E-state index in [0.717, 1.165) is 16.5 Å². The number of aromatic nitrogens is 2. The van der Waals surface area contributed by atoms with Gasteiger partial charge in [0.1, 0.15) is 17.5 Å². The summed E-state index contributed by atoms with van der Waals surface area (Å²) < 4.78 is 5.05. The number of ether oxygens (including phenoxy) is 1. The van der Waals surface area contributed by atoms with Gasteiger partial charge in [-0.2, -0.15) is 0 Å². The number of aliphatic carboxylic acids is 1. The molecule has 0 saturated heterocycles. The summed E-state index contributed by atoms with van der Waals surface area (Å²) in [6.07, 6.45) is 3.36. The maximum absolute atomic E-state index is 12.3. The first kappa shape index (κ1) is 16.5. The number of nitrogens with zero attached hydrogens (tertiary/aromatic N) is 1. The Morgan fingerprint density at radius 3 is 2.88 bits per heavy atom. The number of hydrogen-bond acceptors (Lipinski definition) is 4. The number of benzene rings is 1. The van der Waals surface area contributed by atoms with Crippen molar-refractivity contribution in [1.82, 2.24) is 15.3 Å². The Balaban J connectivity index is 1.79. The smallest absolute Gasteiger partial charge is 0.326 e. The zero-order chi connectivity index (χ0) is 17.8. The molecule has 0 aliphatic heterocycles. The number of para-hydroxylation sites is 1. The van der Waals surface area contributed by atoms with Crippen LogP contribution in [0.5, 0.6) is 5.75 Å². The molecule has 1 unspecified atom stereocenters. The fourth-order valence-electron chi connectivity index (χ4n) is 2.61. The normalized spacial score (nSPS) is 11.9. The van der Waals surface area contributed by atoms with Crippen LogP contribution in [0.3, 0.4) is 0 Å². The number of amides is 1. The van der Waals surface area contributed by atoms with Crippen LogP contribution in [0.15, 0.2) is 48.8 Å². The minimum Gasteiger partial charge on any atom is -0.497 e. The Morgan fingerprint density at radius 1 is 1.32 bits per heavy atom. The molecule has 7 nitrogen and oxygen atoms in total. The van der Waals surface area contributed by atoms with E-state index in [0.29, 0.717) is 5.75 Å². The standard InChI is InChI=1S/C18H17N3O4/c1-25-12-6-7-19-15(9-12)17(22)21-16(18(23)24)8-11-10-20-14-5-3-2-4-13(11)14/h2-7,9-10,16,20H,8H2,1H3,(H,21,22)(H,23,24). The van der Waals surface area contributed by atoms with Gasteiger partial charge < -0.3 is 20.1 Å². The maximum Gasteiger partial charge on any atom is 0.326 e. The van der Waals surface area contributed by atoms with Crippen molar-refractivity contribution in [2.24, 2.45) is 0 Å². The molecule has 0 bridgehead atoms. The van der Waals surface area contributed by atoms with Gasteiger partial charge in [-0.3, -0.25) is 9.78 Å². The van der Waals surface area contributed by atoms with Crippen molar-refractivity contribution in [3.8, 4) is 5.75 Å². The van der Waals surface area contributed by atoms with Crippen LogP contribution in [0.4, 0.5) is 0 Å². The number of pyridine rings is 1. The lowest BCUT2D eigenvalue weighted by Gasteiger charge is -2.14. The van der Waals surface area contributed by atoms with E-state index in [2.05, 4.69) is 15.3 Å². The lowest BCUT2D eigenvalue weighted by molar-refractivity contribution is -0.139. The Labute approximate surface area is 143 Å². The molecule has 7 heteroatoms. The van der Waals surface area contributed by atoms with Crippen molar-refractivity contribution >= 4 is 22.8 Å². The predicted molar refractivity (Wildman–Crippen MR) is 91.7 cm³/mol. The number of H-pyrrole nitrogens is 1. The molecule has 1 amide bonds. The van der Waals surface area contributed by atoms with Crippen molar-refractivity contribution in [2.45, 2.75) is 12.5 Å². The van der Waals surface area contributed by atoms with E-state index in [1.807, 2.05) is 24.3 Å². The summed E-state index contributed by atoms with van der Waals surface area (Å²) in [7, 11) is 1.48. The summed E-state index contributed by atoms with van der Waals surface area (Å²) in [6, 6.07) is 9.59. The number of carbonyl (C=O) groups excluding carboxylic acids is 1. The van der Waals surface area contributed by atoms with E-state index in [4.69, 9.17) is 4.74 Å². The second-order valence-corrected chi connectivity index (χ2v) is 5.51. The van der Waals surface area contributed by atoms with Gasteiger partial charge in [0.05, 0.1) is 7.11 Å². The average molecular weight is 339 g/mol. The van der Waals surface area contributed by atoms with Gasteiger partial charge in [0.2, 0.25) is 0 Å². The van der Waals surface area contributed by atoms with Crippen LogP contribution in [0.25, 0.3) is 10.9 Å². The number of fused-ring (bicyclic) bond motifs is 1. The topological polar surface area (TPSA) is 104 Å². The minimum absolute atomic E-state index is 0.101. The lowest BCUT2D eigenvalue weighted by atomic mass is 10.0. The molecule has 0 saturated carbocycles. The number of methoxy groups -OCH3 is 1. The maximum atomic E-state index is 12.3. The van der Waals surface area contributed by atoms with E-state index in [1.165, 1.54) is 19.4 Å². The molecule has 25 heavy (non-hydrogen) atoms. The minimum atomic E-state index is -1.11. The van der Waals surface area contributed by atoms with Gasteiger partial charge in [0.25, 0.3) is 5.91 Å². The number of hydrogen-bond donors (Lipinski definition) is 3. The summed E-state index contributed by atoms with van der Waals surface area (Å²) in [6.45, 7) is 0. The molecule has 0 radical (unpaired) electrons. The van der Waals surface area contributed by atoms with Crippen molar-refractivity contribution in [3.05, 3.63) is 60.0 Å². The van der Waals surface area contributed by atoms with Gasteiger partial charge in [-0.15, -0.1) is 0 Å². The van der Waals surface area contributed by atoms with Crippen LogP contribution >= 0.6 is 0 Å². The van der Waals surface area contributed by atoms with Gasteiger partial charge in [-0.1, -0.05) is 18.2 Å². The van der Waals surface area contributed by atoms with E-state index in [-0.39, 0.29) is 12.1 Å². The summed E-state index contributed by atoms with van der Waals surface area (Å²) in [5.41, 5.74) is 1.84. The molecule has 3 aromatic rings. The molecule has 1 atom stereocenters. The second-order valence-electron chi connectivity index (χ2n) is 5.51. The van der Waals surface area contributed by atoms with Crippen LogP contribution < -0.4 is 10.1 Å². The summed E-state index contributed by atoms with van der Waals surface area (Å²) in [4.78, 5) is 31.0. The monoisotopic (exact) mass is 339 g/mol. The summed E-state index contributed by atoms with van der Waals surface area (Å²) >= 11 is 0. The highest BCUT2D eigenvalue weighted by Gasteiger charge is 2.23. The van der Waals surface area contributed by atoms with Gasteiger partial charge >= 0.3 is 5.97 Å². The van der Waals surface area contributed by atoms with Crippen molar-refractivity contribution in [1.29, 1.82) is 0 Å². The number of carboxylic acids is 1. The fourth-order valence-corrected chi connectivity index (χ4v) is 2.61. The van der Waals surface area contributed by atoms with Crippen LogP contribution in [-0.4, -0.2) is 40.1 Å². The highest BCUT2D eigenvalue weighted by atomic mass is 16.5. The Hall–Kier alpha value is -3.35. The molecule has 0 aliphatic carbocycles. The molecule has 0 spiro atoms. The van der Waals surface area contributed by atoms with Crippen LogP contribution in [0, 0.1) is 0 Å². The molecule has 0 aliphatic rings. The molecule has 2 aromatic heterocycles.